The summed E-state index contributed by atoms with van der Waals surface area (Å²) < 4.78 is 53.5. The average Bonchev–Trinajstić information content (AvgIpc) is 2.79. The zero-order valence-corrected chi connectivity index (χ0v) is 16.3. The predicted molar refractivity (Wildman–Crippen MR) is 107 cm³/mol. The zero-order valence-electron chi connectivity index (χ0n) is 16.3. The van der Waals surface area contributed by atoms with Crippen LogP contribution in [0.1, 0.15) is 15.9 Å². The highest BCUT2D eigenvalue weighted by atomic mass is 19.4. The van der Waals surface area contributed by atoms with E-state index in [1.807, 2.05) is 4.90 Å². The first-order valence-corrected chi connectivity index (χ1v) is 9.61. The van der Waals surface area contributed by atoms with Gasteiger partial charge in [0.2, 0.25) is 5.95 Å². The Kier molecular flexibility index (Phi) is 5.58. The van der Waals surface area contributed by atoms with Gasteiger partial charge in [0.1, 0.15) is 5.82 Å². The summed E-state index contributed by atoms with van der Waals surface area (Å²) in [6, 6.07) is 10.2. The molecule has 4 rings (SSSR count). The van der Waals surface area contributed by atoms with E-state index < -0.39 is 23.5 Å². The largest absolute Gasteiger partial charge is 0.416 e. The molecular weight excluding hydrogens is 412 g/mol. The molecule has 1 saturated heterocycles. The van der Waals surface area contributed by atoms with Gasteiger partial charge in [0, 0.05) is 38.6 Å². The predicted octanol–water partition coefficient (Wildman–Crippen LogP) is 4.26. The van der Waals surface area contributed by atoms with E-state index in [2.05, 4.69) is 9.97 Å². The highest BCUT2D eigenvalue weighted by Crippen LogP contribution is 2.32. The van der Waals surface area contributed by atoms with Crippen molar-refractivity contribution in [2.24, 2.45) is 0 Å². The maximum Gasteiger partial charge on any atom is 0.416 e. The van der Waals surface area contributed by atoms with Crippen molar-refractivity contribution < 1.29 is 22.4 Å². The van der Waals surface area contributed by atoms with Gasteiger partial charge in [-0.15, -0.1) is 0 Å². The molecule has 3 aromatic rings. The SMILES string of the molecule is O=C(c1ccc(-c2cccc(C(F)(F)F)c2)cc1F)N1CCN(c2ncccn2)CC1. The number of piperazine rings is 1. The molecule has 160 valence electrons. The van der Waals surface area contributed by atoms with Crippen molar-refractivity contribution >= 4 is 11.9 Å². The average molecular weight is 430 g/mol. The van der Waals surface area contributed by atoms with Crippen molar-refractivity contribution in [2.45, 2.75) is 6.18 Å². The summed E-state index contributed by atoms with van der Waals surface area (Å²) in [6.45, 7) is 1.79. The van der Waals surface area contributed by atoms with E-state index in [4.69, 9.17) is 0 Å². The lowest BCUT2D eigenvalue weighted by atomic mass is 10.0. The van der Waals surface area contributed by atoms with E-state index in [1.165, 1.54) is 24.3 Å². The van der Waals surface area contributed by atoms with Gasteiger partial charge in [0.25, 0.3) is 5.91 Å². The summed E-state index contributed by atoms with van der Waals surface area (Å²) in [6.07, 6.45) is -1.21. The quantitative estimate of drug-likeness (QED) is 0.583. The van der Waals surface area contributed by atoms with E-state index in [0.29, 0.717) is 32.1 Å². The fourth-order valence-electron chi connectivity index (χ4n) is 3.48. The summed E-state index contributed by atoms with van der Waals surface area (Å²) in [7, 11) is 0. The lowest BCUT2D eigenvalue weighted by Crippen LogP contribution is -2.49. The number of carbonyl (C=O) groups is 1. The Bertz CT molecular complexity index is 1080. The van der Waals surface area contributed by atoms with Crippen LogP contribution in [-0.4, -0.2) is 47.0 Å². The number of halogens is 4. The summed E-state index contributed by atoms with van der Waals surface area (Å²) in [5.41, 5.74) is -0.429. The topological polar surface area (TPSA) is 49.3 Å². The summed E-state index contributed by atoms with van der Waals surface area (Å²) in [5, 5.41) is 0. The molecule has 0 saturated carbocycles. The third-order valence-electron chi connectivity index (χ3n) is 5.12. The number of aromatic nitrogens is 2. The molecule has 0 radical (unpaired) electrons. The van der Waals surface area contributed by atoms with Gasteiger partial charge in [-0.2, -0.15) is 13.2 Å². The number of hydrogen-bond donors (Lipinski definition) is 0. The number of hydrogen-bond acceptors (Lipinski definition) is 4. The maximum atomic E-state index is 14.7. The Morgan fingerprint density at radius 3 is 2.19 bits per heavy atom. The van der Waals surface area contributed by atoms with Gasteiger partial charge in [-0.1, -0.05) is 18.2 Å². The third-order valence-corrected chi connectivity index (χ3v) is 5.12. The molecule has 1 fully saturated rings. The Balaban J connectivity index is 1.48. The number of benzene rings is 2. The Labute approximate surface area is 176 Å². The Hall–Kier alpha value is -3.49. The molecule has 1 amide bonds. The van der Waals surface area contributed by atoms with E-state index in [-0.39, 0.29) is 16.7 Å². The molecule has 0 bridgehead atoms. The second-order valence-corrected chi connectivity index (χ2v) is 7.10. The van der Waals surface area contributed by atoms with Crippen LogP contribution in [0.4, 0.5) is 23.5 Å². The Morgan fingerprint density at radius 2 is 1.55 bits per heavy atom. The van der Waals surface area contributed by atoms with Gasteiger partial charge >= 0.3 is 6.18 Å². The van der Waals surface area contributed by atoms with Crippen LogP contribution >= 0.6 is 0 Å². The molecule has 1 aliphatic rings. The smallest absolute Gasteiger partial charge is 0.337 e. The molecule has 31 heavy (non-hydrogen) atoms. The molecule has 1 aromatic heterocycles. The minimum atomic E-state index is -4.49. The van der Waals surface area contributed by atoms with Crippen molar-refractivity contribution in [2.75, 3.05) is 31.1 Å². The van der Waals surface area contributed by atoms with E-state index in [0.717, 1.165) is 18.2 Å². The highest BCUT2D eigenvalue weighted by Gasteiger charge is 2.30. The standard InChI is InChI=1S/C22H18F4N4O/c23-19-14-16(15-3-1-4-17(13-15)22(24,25)26)5-6-18(19)20(31)29-9-11-30(12-10-29)21-27-7-2-8-28-21/h1-8,13-14H,9-12H2. The molecule has 0 spiro atoms. The molecule has 5 nitrogen and oxygen atoms in total. The summed E-state index contributed by atoms with van der Waals surface area (Å²) >= 11 is 0. The minimum absolute atomic E-state index is 0.111. The van der Waals surface area contributed by atoms with Crippen molar-refractivity contribution in [3.63, 3.8) is 0 Å². The number of anilines is 1. The highest BCUT2D eigenvalue weighted by molar-refractivity contribution is 5.95. The first kappa shape index (κ1) is 20.8. The first-order valence-electron chi connectivity index (χ1n) is 9.61. The number of carbonyl (C=O) groups excluding carboxylic acids is 1. The lowest BCUT2D eigenvalue weighted by molar-refractivity contribution is -0.137. The van der Waals surface area contributed by atoms with Gasteiger partial charge < -0.3 is 9.80 Å². The van der Waals surface area contributed by atoms with E-state index in [9.17, 15) is 22.4 Å². The fraction of sp³-hybridized carbons (Fsp3) is 0.227. The monoisotopic (exact) mass is 430 g/mol. The molecule has 2 heterocycles. The van der Waals surface area contributed by atoms with Gasteiger partial charge in [0.05, 0.1) is 11.1 Å². The second-order valence-electron chi connectivity index (χ2n) is 7.10. The van der Waals surface area contributed by atoms with Gasteiger partial charge in [-0.05, 0) is 41.5 Å². The van der Waals surface area contributed by atoms with Crippen LogP contribution in [0.2, 0.25) is 0 Å². The van der Waals surface area contributed by atoms with Crippen LogP contribution in [-0.2, 0) is 6.18 Å². The van der Waals surface area contributed by atoms with Gasteiger partial charge in [-0.3, -0.25) is 4.79 Å². The van der Waals surface area contributed by atoms with Crippen molar-refractivity contribution in [1.82, 2.24) is 14.9 Å². The van der Waals surface area contributed by atoms with Crippen LogP contribution < -0.4 is 4.90 Å². The van der Waals surface area contributed by atoms with Crippen LogP contribution in [0.15, 0.2) is 60.9 Å². The molecule has 2 aromatic carbocycles. The molecule has 0 aliphatic carbocycles. The molecule has 0 N–H and O–H groups in total. The van der Waals surface area contributed by atoms with E-state index in [1.54, 1.807) is 23.4 Å². The number of rotatable bonds is 3. The van der Waals surface area contributed by atoms with Gasteiger partial charge in [-0.25, -0.2) is 14.4 Å². The van der Waals surface area contributed by atoms with Crippen molar-refractivity contribution in [1.29, 1.82) is 0 Å². The zero-order chi connectivity index (χ0) is 22.0. The lowest BCUT2D eigenvalue weighted by Gasteiger charge is -2.34. The van der Waals surface area contributed by atoms with Crippen LogP contribution in [0.3, 0.4) is 0 Å². The molecule has 0 atom stereocenters. The third kappa shape index (κ3) is 4.50. The summed E-state index contributed by atoms with van der Waals surface area (Å²) in [5.74, 6) is -0.651. The van der Waals surface area contributed by atoms with E-state index >= 15 is 0 Å². The van der Waals surface area contributed by atoms with Gasteiger partial charge in [0.15, 0.2) is 0 Å². The van der Waals surface area contributed by atoms with Crippen molar-refractivity contribution in [3.8, 4) is 11.1 Å². The molecule has 1 aliphatic heterocycles. The first-order chi connectivity index (χ1) is 14.8. The minimum Gasteiger partial charge on any atom is -0.337 e. The normalized spacial score (nSPS) is 14.6. The van der Waals surface area contributed by atoms with Crippen LogP contribution in [0.5, 0.6) is 0 Å². The number of amides is 1. The van der Waals surface area contributed by atoms with Crippen molar-refractivity contribution in [3.05, 3.63) is 77.9 Å². The maximum absolute atomic E-state index is 14.7. The summed E-state index contributed by atoms with van der Waals surface area (Å²) in [4.78, 5) is 24.6. The number of alkyl halides is 3. The molecular formula is C22H18F4N4O. The van der Waals surface area contributed by atoms with Crippen LogP contribution in [0, 0.1) is 5.82 Å². The number of nitrogens with zero attached hydrogens (tertiary/aromatic N) is 4. The second kappa shape index (κ2) is 8.33. The molecule has 9 heteroatoms. The molecule has 0 unspecified atom stereocenters. The fourth-order valence-corrected chi connectivity index (χ4v) is 3.48. The Morgan fingerprint density at radius 1 is 0.871 bits per heavy atom. The van der Waals surface area contributed by atoms with Crippen LogP contribution in [0.25, 0.3) is 11.1 Å².